The van der Waals surface area contributed by atoms with Crippen LogP contribution in [0.4, 0.5) is 0 Å². The summed E-state index contributed by atoms with van der Waals surface area (Å²) >= 11 is 0. The average molecular weight is 198 g/mol. The Hall–Kier alpha value is -1.32. The summed E-state index contributed by atoms with van der Waals surface area (Å²) in [6, 6.07) is 0. The topological polar surface area (TPSA) is 58.2 Å². The molecule has 0 aliphatic rings. The highest BCUT2D eigenvalue weighted by Gasteiger charge is 2.12. The van der Waals surface area contributed by atoms with Crippen molar-refractivity contribution in [1.82, 2.24) is 10.6 Å². The van der Waals surface area contributed by atoms with E-state index in [4.69, 9.17) is 0 Å². The normalized spacial score (nSPS) is 10.5. The molecular formula is C10H18N2O2. The number of hydrogen-bond acceptors (Lipinski definition) is 2. The molecule has 0 aliphatic heterocycles. The van der Waals surface area contributed by atoms with Crippen LogP contribution in [0.15, 0.2) is 12.7 Å². The summed E-state index contributed by atoms with van der Waals surface area (Å²) in [6.45, 7) is 9.38. The van der Waals surface area contributed by atoms with Crippen LogP contribution in [0.3, 0.4) is 0 Å². The second-order valence-corrected chi connectivity index (χ2v) is 4.04. The Labute approximate surface area is 84.8 Å². The van der Waals surface area contributed by atoms with Crippen LogP contribution in [0.2, 0.25) is 0 Å². The molecule has 0 aromatic carbocycles. The van der Waals surface area contributed by atoms with Gasteiger partial charge < -0.3 is 10.6 Å². The Morgan fingerprint density at radius 1 is 1.36 bits per heavy atom. The average Bonchev–Trinajstić information content (AvgIpc) is 2.00. The largest absolute Gasteiger partial charge is 0.352 e. The third kappa shape index (κ3) is 7.34. The lowest BCUT2D eigenvalue weighted by Gasteiger charge is -2.20. The van der Waals surface area contributed by atoms with Crippen molar-refractivity contribution >= 4 is 11.8 Å². The molecule has 0 spiro atoms. The van der Waals surface area contributed by atoms with Gasteiger partial charge in [-0.1, -0.05) is 6.58 Å². The number of carbonyl (C=O) groups is 2. The molecule has 0 rings (SSSR count). The molecule has 0 fully saturated rings. The van der Waals surface area contributed by atoms with E-state index >= 15 is 0 Å². The van der Waals surface area contributed by atoms with Crippen molar-refractivity contribution in [3.8, 4) is 0 Å². The molecule has 0 heterocycles. The zero-order chi connectivity index (χ0) is 11.2. The van der Waals surface area contributed by atoms with Gasteiger partial charge in [0.05, 0.1) is 0 Å². The highest BCUT2D eigenvalue weighted by atomic mass is 16.2. The molecule has 2 N–H and O–H groups in total. The molecule has 0 saturated heterocycles. The molecule has 14 heavy (non-hydrogen) atoms. The van der Waals surface area contributed by atoms with E-state index in [1.807, 2.05) is 20.8 Å². The zero-order valence-electron chi connectivity index (χ0n) is 9.02. The zero-order valence-corrected chi connectivity index (χ0v) is 9.02. The van der Waals surface area contributed by atoms with Crippen molar-refractivity contribution < 1.29 is 9.59 Å². The van der Waals surface area contributed by atoms with Crippen LogP contribution in [0.5, 0.6) is 0 Å². The van der Waals surface area contributed by atoms with Gasteiger partial charge >= 0.3 is 0 Å². The van der Waals surface area contributed by atoms with E-state index in [2.05, 4.69) is 17.2 Å². The van der Waals surface area contributed by atoms with Crippen LogP contribution in [0.25, 0.3) is 0 Å². The highest BCUT2D eigenvalue weighted by molar-refractivity contribution is 5.87. The number of nitrogens with one attached hydrogen (secondary N) is 2. The first kappa shape index (κ1) is 12.7. The fraction of sp³-hybridized carbons (Fsp3) is 0.600. The lowest BCUT2D eigenvalue weighted by atomic mass is 10.1. The minimum absolute atomic E-state index is 0.0677. The van der Waals surface area contributed by atoms with Gasteiger partial charge in [0.25, 0.3) is 0 Å². The molecule has 0 atom stereocenters. The molecule has 0 bridgehead atoms. The minimum atomic E-state index is -0.256. The van der Waals surface area contributed by atoms with Gasteiger partial charge in [0.2, 0.25) is 11.8 Å². The van der Waals surface area contributed by atoms with Gasteiger partial charge in [-0.05, 0) is 26.8 Å². The van der Waals surface area contributed by atoms with Crippen molar-refractivity contribution in [3.63, 3.8) is 0 Å². The third-order valence-electron chi connectivity index (χ3n) is 1.35. The van der Waals surface area contributed by atoms with Crippen molar-refractivity contribution in [1.29, 1.82) is 0 Å². The first-order valence-electron chi connectivity index (χ1n) is 4.56. The third-order valence-corrected chi connectivity index (χ3v) is 1.35. The quantitative estimate of drug-likeness (QED) is 0.650. The van der Waals surface area contributed by atoms with Crippen molar-refractivity contribution in [2.45, 2.75) is 32.7 Å². The second-order valence-electron chi connectivity index (χ2n) is 4.04. The number of rotatable bonds is 4. The first-order chi connectivity index (χ1) is 6.35. The maximum atomic E-state index is 11.2. The molecule has 4 heteroatoms. The van der Waals surface area contributed by atoms with E-state index in [-0.39, 0.29) is 23.8 Å². The predicted octanol–water partition coefficient (Wildman–Crippen LogP) is 0.593. The maximum absolute atomic E-state index is 11.2. The number of amides is 2. The van der Waals surface area contributed by atoms with Crippen LogP contribution in [-0.4, -0.2) is 23.9 Å². The Morgan fingerprint density at radius 2 is 1.93 bits per heavy atom. The Bertz CT molecular complexity index is 229. The lowest BCUT2D eigenvalue weighted by molar-refractivity contribution is -0.122. The molecule has 0 radical (unpaired) electrons. The van der Waals surface area contributed by atoms with Gasteiger partial charge in [-0.15, -0.1) is 0 Å². The van der Waals surface area contributed by atoms with Crippen molar-refractivity contribution in [2.24, 2.45) is 0 Å². The monoisotopic (exact) mass is 198 g/mol. The molecule has 80 valence electrons. The van der Waals surface area contributed by atoms with Crippen LogP contribution in [-0.2, 0) is 9.59 Å². The summed E-state index contributed by atoms with van der Waals surface area (Å²) in [5.41, 5.74) is -0.223. The number of carbonyl (C=O) groups excluding carboxylic acids is 2. The summed E-state index contributed by atoms with van der Waals surface area (Å²) in [5, 5.41) is 5.33. The van der Waals surface area contributed by atoms with Crippen LogP contribution < -0.4 is 10.6 Å². The van der Waals surface area contributed by atoms with Crippen LogP contribution in [0, 0.1) is 0 Å². The molecule has 4 nitrogen and oxygen atoms in total. The van der Waals surface area contributed by atoms with E-state index in [0.29, 0.717) is 6.54 Å². The summed E-state index contributed by atoms with van der Waals surface area (Å²) in [6.07, 6.45) is 1.47. The Balaban J connectivity index is 3.65. The Morgan fingerprint density at radius 3 is 2.36 bits per heavy atom. The predicted molar refractivity (Wildman–Crippen MR) is 55.7 cm³/mol. The fourth-order valence-electron chi connectivity index (χ4n) is 0.852. The molecular weight excluding hydrogens is 180 g/mol. The standard InChI is InChI=1S/C10H18N2O2/c1-5-8(13)11-7-6-9(14)12-10(2,3)4/h5H,1,6-7H2,2-4H3,(H,11,13)(H,12,14). The summed E-state index contributed by atoms with van der Waals surface area (Å²) < 4.78 is 0. The van der Waals surface area contributed by atoms with E-state index in [1.54, 1.807) is 0 Å². The maximum Gasteiger partial charge on any atom is 0.243 e. The molecule has 0 aliphatic carbocycles. The van der Waals surface area contributed by atoms with Gasteiger partial charge in [0.15, 0.2) is 0 Å². The summed E-state index contributed by atoms with van der Waals surface area (Å²) in [7, 11) is 0. The van der Waals surface area contributed by atoms with E-state index in [0.717, 1.165) is 0 Å². The summed E-state index contributed by atoms with van der Waals surface area (Å²) in [5.74, 6) is -0.324. The molecule has 0 saturated carbocycles. The molecule has 0 aromatic rings. The van der Waals surface area contributed by atoms with Crippen molar-refractivity contribution in [3.05, 3.63) is 12.7 Å². The summed E-state index contributed by atoms with van der Waals surface area (Å²) in [4.78, 5) is 22.0. The van der Waals surface area contributed by atoms with Gasteiger partial charge in [-0.2, -0.15) is 0 Å². The fourth-order valence-corrected chi connectivity index (χ4v) is 0.852. The van der Waals surface area contributed by atoms with Gasteiger partial charge in [0.1, 0.15) is 0 Å². The van der Waals surface area contributed by atoms with Gasteiger partial charge in [-0.25, -0.2) is 0 Å². The van der Waals surface area contributed by atoms with Crippen molar-refractivity contribution in [2.75, 3.05) is 6.54 Å². The smallest absolute Gasteiger partial charge is 0.243 e. The molecule has 0 aromatic heterocycles. The van der Waals surface area contributed by atoms with E-state index in [9.17, 15) is 9.59 Å². The minimum Gasteiger partial charge on any atom is -0.352 e. The van der Waals surface area contributed by atoms with Gasteiger partial charge in [-0.3, -0.25) is 9.59 Å². The first-order valence-corrected chi connectivity index (χ1v) is 4.56. The van der Waals surface area contributed by atoms with E-state index < -0.39 is 0 Å². The molecule has 2 amide bonds. The van der Waals surface area contributed by atoms with Crippen LogP contribution in [0.1, 0.15) is 27.2 Å². The number of hydrogen-bond donors (Lipinski definition) is 2. The molecule has 0 unspecified atom stereocenters. The SMILES string of the molecule is C=CC(=O)NCCC(=O)NC(C)(C)C. The Kier molecular flexibility index (Phi) is 4.91. The lowest BCUT2D eigenvalue weighted by Crippen LogP contribution is -2.41. The van der Waals surface area contributed by atoms with Crippen LogP contribution >= 0.6 is 0 Å². The highest BCUT2D eigenvalue weighted by Crippen LogP contribution is 1.98. The second kappa shape index (κ2) is 5.42. The van der Waals surface area contributed by atoms with E-state index in [1.165, 1.54) is 6.08 Å². The van der Waals surface area contributed by atoms with Gasteiger partial charge in [0, 0.05) is 18.5 Å².